The van der Waals surface area contributed by atoms with Crippen molar-refractivity contribution in [3.05, 3.63) is 29.3 Å². The van der Waals surface area contributed by atoms with Crippen LogP contribution in [0.5, 0.6) is 5.75 Å². The summed E-state index contributed by atoms with van der Waals surface area (Å²) >= 11 is 0. The topological polar surface area (TPSA) is 58.1 Å². The molecule has 0 saturated carbocycles. The molecule has 0 amide bonds. The average molecular weight is 390 g/mol. The van der Waals surface area contributed by atoms with E-state index in [1.54, 1.807) is 14.2 Å². The number of halogens is 3. The molecular weight excluding hydrogens is 361 g/mol. The molecule has 1 rings (SSSR count). The molecule has 2 N–H and O–H groups in total. The van der Waals surface area contributed by atoms with Crippen molar-refractivity contribution < 1.29 is 22.6 Å². The first-order valence-corrected chi connectivity index (χ1v) is 8.68. The van der Waals surface area contributed by atoms with Gasteiger partial charge in [0.2, 0.25) is 0 Å². The molecule has 0 saturated heterocycles. The highest BCUT2D eigenvalue weighted by Gasteiger charge is 2.33. The van der Waals surface area contributed by atoms with Crippen LogP contribution in [0.25, 0.3) is 0 Å². The molecule has 6 nitrogen and oxygen atoms in total. The number of nitrogens with zero attached hydrogens (tertiary/aromatic N) is 2. The fourth-order valence-electron chi connectivity index (χ4n) is 2.46. The lowest BCUT2D eigenvalue weighted by molar-refractivity contribution is -0.138. The second-order valence-electron chi connectivity index (χ2n) is 6.02. The zero-order valence-corrected chi connectivity index (χ0v) is 16.3. The molecular formula is C18H29F3N4O2. The molecule has 9 heteroatoms. The third-order valence-electron chi connectivity index (χ3n) is 3.97. The quantitative estimate of drug-likeness (QED) is 0.365. The van der Waals surface area contributed by atoms with Crippen molar-refractivity contribution in [3.63, 3.8) is 0 Å². The second-order valence-corrected chi connectivity index (χ2v) is 6.02. The van der Waals surface area contributed by atoms with Gasteiger partial charge in [-0.1, -0.05) is 6.07 Å². The molecule has 0 unspecified atom stereocenters. The number of ether oxygens (including phenoxy) is 2. The van der Waals surface area contributed by atoms with Gasteiger partial charge in [0.15, 0.2) is 5.96 Å². The number of alkyl halides is 3. The Morgan fingerprint density at radius 3 is 2.52 bits per heavy atom. The van der Waals surface area contributed by atoms with E-state index >= 15 is 0 Å². The highest BCUT2D eigenvalue weighted by molar-refractivity contribution is 5.79. The number of guanidine groups is 1. The highest BCUT2D eigenvalue weighted by Crippen LogP contribution is 2.34. The summed E-state index contributed by atoms with van der Waals surface area (Å²) in [6, 6.07) is 3.92. The number of methoxy groups -OCH3 is 2. The highest BCUT2D eigenvalue weighted by atomic mass is 19.4. The Morgan fingerprint density at radius 2 is 1.93 bits per heavy atom. The van der Waals surface area contributed by atoms with Gasteiger partial charge >= 0.3 is 6.18 Å². The standard InChI is InChI=1S/C18H29F3N4O2/c1-22-17(23-8-10-25(2)9-5-11-26-3)24-13-14-6-7-15(27-4)12-16(14)18(19,20)21/h6-7,12H,5,8-11,13H2,1-4H3,(H2,22,23,24). The molecule has 0 spiro atoms. The molecule has 154 valence electrons. The molecule has 27 heavy (non-hydrogen) atoms. The lowest BCUT2D eigenvalue weighted by atomic mass is 10.1. The van der Waals surface area contributed by atoms with E-state index in [1.807, 2.05) is 7.05 Å². The molecule has 0 bridgehead atoms. The molecule has 0 aliphatic rings. The van der Waals surface area contributed by atoms with Crippen LogP contribution < -0.4 is 15.4 Å². The van der Waals surface area contributed by atoms with Gasteiger partial charge in [0, 0.05) is 46.9 Å². The van der Waals surface area contributed by atoms with Crippen LogP contribution >= 0.6 is 0 Å². The van der Waals surface area contributed by atoms with Crippen molar-refractivity contribution in [2.45, 2.75) is 19.1 Å². The summed E-state index contributed by atoms with van der Waals surface area (Å²) in [6.45, 7) is 3.02. The summed E-state index contributed by atoms with van der Waals surface area (Å²) < 4.78 is 49.6. The van der Waals surface area contributed by atoms with Crippen LogP contribution in [0.2, 0.25) is 0 Å². The van der Waals surface area contributed by atoms with Crippen LogP contribution in [-0.4, -0.2) is 65.4 Å². The van der Waals surface area contributed by atoms with Gasteiger partial charge in [0.1, 0.15) is 5.75 Å². The average Bonchev–Trinajstić information content (AvgIpc) is 2.63. The third-order valence-corrected chi connectivity index (χ3v) is 3.97. The molecule has 0 aliphatic carbocycles. The summed E-state index contributed by atoms with van der Waals surface area (Å²) in [6.07, 6.45) is -3.51. The third kappa shape index (κ3) is 8.49. The van der Waals surface area contributed by atoms with Crippen LogP contribution in [0, 0.1) is 0 Å². The number of hydrogen-bond acceptors (Lipinski definition) is 4. The van der Waals surface area contributed by atoms with Crippen LogP contribution in [0.15, 0.2) is 23.2 Å². The van der Waals surface area contributed by atoms with Crippen molar-refractivity contribution in [2.75, 3.05) is 54.6 Å². The summed E-state index contributed by atoms with van der Waals surface area (Å²) in [4.78, 5) is 6.19. The van der Waals surface area contributed by atoms with Crippen molar-refractivity contribution >= 4 is 5.96 Å². The smallest absolute Gasteiger partial charge is 0.416 e. The van der Waals surface area contributed by atoms with Gasteiger partial charge in [-0.25, -0.2) is 0 Å². The van der Waals surface area contributed by atoms with Gasteiger partial charge in [0.05, 0.1) is 12.7 Å². The zero-order valence-electron chi connectivity index (χ0n) is 16.3. The Hall–Kier alpha value is -2.00. The number of hydrogen-bond donors (Lipinski definition) is 2. The molecule has 1 aromatic rings. The minimum atomic E-state index is -4.45. The second kappa shape index (κ2) is 11.7. The number of aliphatic imine (C=N–C) groups is 1. The Bertz CT molecular complexity index is 594. The van der Waals surface area contributed by atoms with E-state index < -0.39 is 11.7 Å². The first-order valence-electron chi connectivity index (χ1n) is 8.68. The summed E-state index contributed by atoms with van der Waals surface area (Å²) in [7, 11) is 6.59. The summed E-state index contributed by atoms with van der Waals surface area (Å²) in [5.41, 5.74) is -0.592. The van der Waals surface area contributed by atoms with Crippen LogP contribution in [0.4, 0.5) is 13.2 Å². The van der Waals surface area contributed by atoms with Gasteiger partial charge in [-0.05, 0) is 31.2 Å². The summed E-state index contributed by atoms with van der Waals surface area (Å²) in [5.74, 6) is 0.620. The van der Waals surface area contributed by atoms with Crippen molar-refractivity contribution in [1.82, 2.24) is 15.5 Å². The predicted molar refractivity (Wildman–Crippen MR) is 100 cm³/mol. The Labute approximate surface area is 158 Å². The van der Waals surface area contributed by atoms with E-state index in [4.69, 9.17) is 9.47 Å². The number of rotatable bonds is 10. The number of nitrogens with one attached hydrogen (secondary N) is 2. The van der Waals surface area contributed by atoms with E-state index in [1.165, 1.54) is 19.2 Å². The number of benzene rings is 1. The van der Waals surface area contributed by atoms with Crippen molar-refractivity contribution in [1.29, 1.82) is 0 Å². The Balaban J connectivity index is 2.55. The van der Waals surface area contributed by atoms with E-state index in [-0.39, 0.29) is 17.9 Å². The maximum absolute atomic E-state index is 13.2. The van der Waals surface area contributed by atoms with Gasteiger partial charge in [0.25, 0.3) is 0 Å². The fourth-order valence-corrected chi connectivity index (χ4v) is 2.46. The molecule has 0 atom stereocenters. The Kier molecular flexibility index (Phi) is 9.95. The van der Waals surface area contributed by atoms with Gasteiger partial charge < -0.3 is 25.0 Å². The molecule has 0 heterocycles. The predicted octanol–water partition coefficient (Wildman–Crippen LogP) is 2.35. The van der Waals surface area contributed by atoms with Gasteiger partial charge in [-0.3, -0.25) is 4.99 Å². The largest absolute Gasteiger partial charge is 0.497 e. The van der Waals surface area contributed by atoms with Crippen LogP contribution in [0.1, 0.15) is 17.5 Å². The normalized spacial score (nSPS) is 12.4. The lowest BCUT2D eigenvalue weighted by Crippen LogP contribution is -2.41. The zero-order chi connectivity index (χ0) is 20.3. The maximum Gasteiger partial charge on any atom is 0.416 e. The monoisotopic (exact) mass is 390 g/mol. The van der Waals surface area contributed by atoms with Crippen molar-refractivity contribution in [3.8, 4) is 5.75 Å². The maximum atomic E-state index is 13.2. The number of likely N-dealkylation sites (N-methyl/N-ethyl adjacent to an activating group) is 1. The fraction of sp³-hybridized carbons (Fsp3) is 0.611. The Morgan fingerprint density at radius 1 is 1.19 bits per heavy atom. The van der Waals surface area contributed by atoms with Crippen molar-refractivity contribution in [2.24, 2.45) is 4.99 Å². The van der Waals surface area contributed by atoms with Crippen LogP contribution in [-0.2, 0) is 17.5 Å². The lowest BCUT2D eigenvalue weighted by Gasteiger charge is -2.19. The summed E-state index contributed by atoms with van der Waals surface area (Å²) in [5, 5.41) is 6.02. The van der Waals surface area contributed by atoms with Crippen LogP contribution in [0.3, 0.4) is 0 Å². The van der Waals surface area contributed by atoms with E-state index in [2.05, 4.69) is 20.5 Å². The molecule has 0 aliphatic heterocycles. The first-order chi connectivity index (χ1) is 12.8. The molecule has 0 fully saturated rings. The van der Waals surface area contributed by atoms with E-state index in [9.17, 15) is 13.2 Å². The molecule has 0 radical (unpaired) electrons. The van der Waals surface area contributed by atoms with Gasteiger partial charge in [-0.2, -0.15) is 13.2 Å². The SMILES string of the molecule is CN=C(NCCN(C)CCCOC)NCc1ccc(OC)cc1C(F)(F)F. The first kappa shape index (κ1) is 23.0. The minimum Gasteiger partial charge on any atom is -0.497 e. The van der Waals surface area contributed by atoms with Gasteiger partial charge in [-0.15, -0.1) is 0 Å². The molecule has 1 aromatic carbocycles. The molecule has 0 aromatic heterocycles. The minimum absolute atomic E-state index is 0.00217. The van der Waals surface area contributed by atoms with E-state index in [0.29, 0.717) is 19.1 Å². The van der Waals surface area contributed by atoms with E-state index in [0.717, 1.165) is 25.6 Å².